The average Bonchev–Trinajstić information content (AvgIpc) is 1.48. The number of nitrogens with zero attached hydrogens (tertiary/aromatic N) is 4. The van der Waals surface area contributed by atoms with Crippen molar-refractivity contribution in [3.63, 3.8) is 0 Å². The number of ether oxygens (including phenoxy) is 1. The van der Waals surface area contributed by atoms with Crippen LogP contribution in [-0.2, 0) is 37.3 Å². The fraction of sp³-hybridized carbons (Fsp3) is 0.167. The summed E-state index contributed by atoms with van der Waals surface area (Å²) < 4.78 is 88.8. The fourth-order valence-corrected chi connectivity index (χ4v) is 10.8. The molecule has 0 amide bonds. The van der Waals surface area contributed by atoms with Gasteiger partial charge < -0.3 is 13.9 Å². The SMILES string of the molecule is [2H]c1c([2H])c([2H])c2c(c1[2H])-c1cccc(-c3ccc(C(C)(C)C)cc3)c1-[n+]1[c-]n(-c3[c-]c(Oc4[c-]c5c(cc4)c4ccccc4n5-c4cc(C(C)(C)C)ccn4)ccc3)c3cc(-c4ccc(C(C)(C)C)cc4)cc(c31)-c1c([2H])c([2H])c([2H])c([2H])c1-2.[Pt]. The van der Waals surface area contributed by atoms with Crippen molar-refractivity contribution in [3.05, 3.63) is 235 Å². The third-order valence-corrected chi connectivity index (χ3v) is 14.9. The van der Waals surface area contributed by atoms with E-state index >= 15 is 0 Å². The maximum Gasteiger partial charge on any atom is 0.268 e. The van der Waals surface area contributed by atoms with Gasteiger partial charge in [-0.25, -0.2) is 4.98 Å². The summed E-state index contributed by atoms with van der Waals surface area (Å²) in [6.07, 6.45) is 5.60. The minimum Gasteiger partial charge on any atom is -0.510 e. The molecule has 0 fully saturated rings. The number of rotatable bonds is 6. The number of imidazole rings is 1. The quantitative estimate of drug-likeness (QED) is 0.123. The molecule has 78 heavy (non-hydrogen) atoms. The number of pyridine rings is 1. The van der Waals surface area contributed by atoms with Crippen LogP contribution in [0.15, 0.2) is 200 Å². The van der Waals surface area contributed by atoms with Crippen LogP contribution in [0.3, 0.4) is 0 Å². The van der Waals surface area contributed by atoms with Gasteiger partial charge in [0.15, 0.2) is 0 Å². The van der Waals surface area contributed by atoms with Crippen molar-refractivity contribution in [2.75, 3.05) is 0 Å². The molecule has 0 saturated carbocycles. The molecule has 0 saturated heterocycles. The van der Waals surface area contributed by atoms with E-state index in [4.69, 9.17) is 11.1 Å². The molecule has 12 aromatic rings. The number of fused-ring (bicyclic) bond motifs is 10. The van der Waals surface area contributed by atoms with E-state index in [0.717, 1.165) is 61.0 Å². The fourth-order valence-electron chi connectivity index (χ4n) is 10.8. The van der Waals surface area contributed by atoms with Crippen molar-refractivity contribution in [1.82, 2.24) is 14.1 Å². The van der Waals surface area contributed by atoms with Gasteiger partial charge in [0, 0.05) is 44.3 Å². The first-order chi connectivity index (χ1) is 40.4. The van der Waals surface area contributed by atoms with Crippen LogP contribution < -0.4 is 9.30 Å². The minimum absolute atomic E-state index is 0. The monoisotopic (exact) mass is 1200 g/mol. The zero-order valence-corrected chi connectivity index (χ0v) is 47.2. The summed E-state index contributed by atoms with van der Waals surface area (Å²) in [5, 5.41) is 2.04. The summed E-state index contributed by atoms with van der Waals surface area (Å²) in [7, 11) is 0. The molecule has 1 aliphatic heterocycles. The van der Waals surface area contributed by atoms with Gasteiger partial charge in [-0.1, -0.05) is 207 Å². The Balaban J connectivity index is 0.00000724. The second-order valence-corrected chi connectivity index (χ2v) is 23.1. The van der Waals surface area contributed by atoms with E-state index in [-0.39, 0.29) is 71.6 Å². The molecule has 0 unspecified atom stereocenters. The van der Waals surface area contributed by atoms with E-state index in [1.807, 2.05) is 82.1 Å². The second kappa shape index (κ2) is 19.1. The van der Waals surface area contributed by atoms with Crippen LogP contribution in [0, 0.1) is 18.5 Å². The van der Waals surface area contributed by atoms with Crippen molar-refractivity contribution < 1.29 is 41.3 Å². The molecule has 6 heteroatoms. The molecule has 0 radical (unpaired) electrons. The Kier molecular flexibility index (Phi) is 10.3. The molecule has 0 N–H and O–H groups in total. The van der Waals surface area contributed by atoms with Crippen molar-refractivity contribution in [2.24, 2.45) is 0 Å². The molecule has 5 nitrogen and oxygen atoms in total. The number of para-hydroxylation sites is 2. The average molecular weight is 1200 g/mol. The summed E-state index contributed by atoms with van der Waals surface area (Å²) in [6.45, 7) is 19.5. The number of aromatic nitrogens is 4. The van der Waals surface area contributed by atoms with Crippen LogP contribution in [0.25, 0.3) is 106 Å². The maximum absolute atomic E-state index is 9.94. The number of benzene rings is 9. The standard InChI is InChI=1S/C72H60N4O.Pt/c1-70(2,3)49-32-28-46(29-33-49)48-40-63-59-23-13-11-21-57(59)56-20-10-12-22-58(56)62-26-17-25-55(47-30-34-50(35-31-47)71(4,5)6)68(62)75-45-74(66(41-48)69(63)75)52-18-16-19-53(43-52)77-54-36-37-61-60-24-14-15-27-64(60)76(65(61)44-54)67-42-51(38-39-73-67)72(7,8)9;/h10-42H,1-9H3;/q-2;/i10D,11D,12D,13D,20D,21D,22D,23D;. The first-order valence-electron chi connectivity index (χ1n) is 30.1. The predicted octanol–water partition coefficient (Wildman–Crippen LogP) is 18.1. The predicted molar refractivity (Wildman–Crippen MR) is 317 cm³/mol. The minimum atomic E-state index is -0.535. The molecule has 386 valence electrons. The molecule has 3 aromatic heterocycles. The van der Waals surface area contributed by atoms with Gasteiger partial charge in [-0.05, 0) is 124 Å². The smallest absolute Gasteiger partial charge is 0.268 e. The Morgan fingerprint density at radius 2 is 1.08 bits per heavy atom. The van der Waals surface area contributed by atoms with E-state index in [2.05, 4.69) is 164 Å². The molecule has 0 bridgehead atoms. The summed E-state index contributed by atoms with van der Waals surface area (Å²) in [5.41, 5.74) is 10.8. The number of hydrogen-bond donors (Lipinski definition) is 0. The van der Waals surface area contributed by atoms with E-state index in [0.29, 0.717) is 50.6 Å². The molecule has 0 aliphatic carbocycles. The van der Waals surface area contributed by atoms with Crippen molar-refractivity contribution in [1.29, 1.82) is 0 Å². The summed E-state index contributed by atoms with van der Waals surface area (Å²) in [6, 6.07) is 51.8. The van der Waals surface area contributed by atoms with Gasteiger partial charge in [-0.15, -0.1) is 29.7 Å². The van der Waals surface area contributed by atoms with Gasteiger partial charge in [0.25, 0.3) is 6.33 Å². The zero-order chi connectivity index (χ0) is 59.9. The van der Waals surface area contributed by atoms with Gasteiger partial charge in [0.1, 0.15) is 5.82 Å². The van der Waals surface area contributed by atoms with Gasteiger partial charge >= 0.3 is 0 Å². The Morgan fingerprint density at radius 3 is 1.74 bits per heavy atom. The van der Waals surface area contributed by atoms with Crippen LogP contribution in [0.1, 0.15) is 90.0 Å². The molecular formula is C72H60N4OPt-2. The first kappa shape index (κ1) is 42.0. The van der Waals surface area contributed by atoms with Crippen molar-refractivity contribution in [2.45, 2.75) is 78.6 Å². The van der Waals surface area contributed by atoms with Crippen molar-refractivity contribution in [3.8, 4) is 84.3 Å². The molecule has 13 rings (SSSR count). The molecule has 0 spiro atoms. The molecule has 4 heterocycles. The molecule has 9 aromatic carbocycles. The van der Waals surface area contributed by atoms with Crippen LogP contribution in [-0.4, -0.2) is 14.1 Å². The Bertz CT molecular complexity index is 4780. The normalized spacial score (nSPS) is 13.8. The zero-order valence-electron chi connectivity index (χ0n) is 52.9. The summed E-state index contributed by atoms with van der Waals surface area (Å²) in [5.74, 6) is 1.59. The molecular weight excluding hydrogens is 1130 g/mol. The van der Waals surface area contributed by atoms with E-state index in [9.17, 15) is 9.60 Å². The van der Waals surface area contributed by atoms with Crippen LogP contribution in [0.5, 0.6) is 11.5 Å². The van der Waals surface area contributed by atoms with E-state index < -0.39 is 36.3 Å². The molecule has 0 atom stereocenters. The summed E-state index contributed by atoms with van der Waals surface area (Å²) in [4.78, 5) is 4.88. The molecule has 1 aliphatic rings. The topological polar surface area (TPSA) is 35.9 Å². The van der Waals surface area contributed by atoms with Crippen LogP contribution >= 0.6 is 0 Å². The Morgan fingerprint density at radius 1 is 0.487 bits per heavy atom. The van der Waals surface area contributed by atoms with Gasteiger partial charge in [0.2, 0.25) is 0 Å². The number of hydrogen-bond acceptors (Lipinski definition) is 2. The summed E-state index contributed by atoms with van der Waals surface area (Å²) >= 11 is 0. The third kappa shape index (κ3) is 8.79. The largest absolute Gasteiger partial charge is 0.510 e. The van der Waals surface area contributed by atoms with E-state index in [1.54, 1.807) is 0 Å². The van der Waals surface area contributed by atoms with E-state index in [1.165, 1.54) is 0 Å². The Hall–Kier alpha value is -8.11. The Labute approximate surface area is 484 Å². The van der Waals surface area contributed by atoms with Crippen molar-refractivity contribution >= 4 is 32.8 Å². The van der Waals surface area contributed by atoms with Crippen LogP contribution in [0.4, 0.5) is 0 Å². The van der Waals surface area contributed by atoms with Gasteiger partial charge in [-0.2, -0.15) is 18.2 Å². The third-order valence-electron chi connectivity index (χ3n) is 14.9. The first-order valence-corrected chi connectivity index (χ1v) is 26.1. The van der Waals surface area contributed by atoms with Gasteiger partial charge in [0.05, 0.1) is 27.7 Å². The van der Waals surface area contributed by atoms with Gasteiger partial charge in [-0.3, -0.25) is 4.57 Å². The maximum atomic E-state index is 9.94. The second-order valence-electron chi connectivity index (χ2n) is 23.1. The van der Waals surface area contributed by atoms with Crippen LogP contribution in [0.2, 0.25) is 0 Å².